The van der Waals surface area contributed by atoms with Crippen LogP contribution in [0.1, 0.15) is 46.8 Å². The minimum absolute atomic E-state index is 0.266. The summed E-state index contributed by atoms with van der Waals surface area (Å²) in [5, 5.41) is 0. The van der Waals surface area contributed by atoms with Crippen LogP contribution in [-0.2, 0) is 21.7 Å². The van der Waals surface area contributed by atoms with Crippen LogP contribution in [0, 0.1) is 5.82 Å². The van der Waals surface area contributed by atoms with Gasteiger partial charge < -0.3 is 14.4 Å². The lowest BCUT2D eigenvalue weighted by Crippen LogP contribution is -2.28. The molecule has 2 aromatic carbocycles. The molecule has 0 aliphatic carbocycles. The Kier molecular flexibility index (Phi) is 5.92. The number of benzene rings is 2. The molecule has 2 aromatic rings. The Bertz CT molecular complexity index is 804. The van der Waals surface area contributed by atoms with E-state index in [4.69, 9.17) is 9.47 Å². The third-order valence-corrected chi connectivity index (χ3v) is 4.97. The van der Waals surface area contributed by atoms with Crippen molar-refractivity contribution in [2.24, 2.45) is 0 Å². The van der Waals surface area contributed by atoms with Crippen LogP contribution < -0.4 is 0 Å². The van der Waals surface area contributed by atoms with Gasteiger partial charge in [0.2, 0.25) is 0 Å². The number of carbonyl (C=O) groups is 1. The normalized spacial score (nSPS) is 18.6. The van der Waals surface area contributed by atoms with Gasteiger partial charge in [0.05, 0.1) is 18.8 Å². The molecular weight excluding hydrogens is 345 g/mol. The molecule has 3 rings (SSSR count). The first-order valence-corrected chi connectivity index (χ1v) is 9.31. The second-order valence-corrected chi connectivity index (χ2v) is 7.12. The highest BCUT2D eigenvalue weighted by atomic mass is 19.1. The Hall–Kier alpha value is -2.24. The maximum atomic E-state index is 13.5. The Morgan fingerprint density at radius 2 is 1.96 bits per heavy atom. The first kappa shape index (κ1) is 19.5. The zero-order valence-corrected chi connectivity index (χ0v) is 16.1. The van der Waals surface area contributed by atoms with Gasteiger partial charge in [0, 0.05) is 0 Å². The third kappa shape index (κ3) is 4.04. The summed E-state index contributed by atoms with van der Waals surface area (Å²) in [5.41, 5.74) is 2.87. The van der Waals surface area contributed by atoms with Crippen LogP contribution in [0.3, 0.4) is 0 Å². The molecule has 1 aliphatic rings. The van der Waals surface area contributed by atoms with Gasteiger partial charge in [-0.05, 0) is 81.4 Å². The number of hydrogen-bond donors (Lipinski definition) is 0. The smallest absolute Gasteiger partial charge is 0.338 e. The first-order chi connectivity index (χ1) is 13.0. The predicted octanol–water partition coefficient (Wildman–Crippen LogP) is 4.12. The zero-order valence-electron chi connectivity index (χ0n) is 16.1. The van der Waals surface area contributed by atoms with Crippen molar-refractivity contribution >= 4 is 5.97 Å². The number of ether oxygens (including phenoxy) is 2. The van der Waals surface area contributed by atoms with E-state index in [-0.39, 0.29) is 11.8 Å². The van der Waals surface area contributed by atoms with Crippen LogP contribution in [0.2, 0.25) is 0 Å². The maximum Gasteiger partial charge on any atom is 0.338 e. The van der Waals surface area contributed by atoms with Gasteiger partial charge in [-0.25, -0.2) is 9.18 Å². The van der Waals surface area contributed by atoms with Gasteiger partial charge >= 0.3 is 5.97 Å². The van der Waals surface area contributed by atoms with Crippen LogP contribution in [0.25, 0.3) is 0 Å². The lowest BCUT2D eigenvalue weighted by Gasteiger charge is -2.31. The molecular formula is C22H26FNO3. The Labute approximate surface area is 159 Å². The van der Waals surface area contributed by atoms with Crippen molar-refractivity contribution in [3.63, 3.8) is 0 Å². The van der Waals surface area contributed by atoms with E-state index in [1.54, 1.807) is 25.1 Å². The van der Waals surface area contributed by atoms with Crippen LogP contribution in [-0.4, -0.2) is 38.1 Å². The van der Waals surface area contributed by atoms with Crippen LogP contribution in [0.15, 0.2) is 42.5 Å². The molecule has 1 unspecified atom stereocenters. The highest BCUT2D eigenvalue weighted by Crippen LogP contribution is 2.45. The van der Waals surface area contributed by atoms with Gasteiger partial charge in [0.15, 0.2) is 0 Å². The Morgan fingerprint density at radius 1 is 1.22 bits per heavy atom. The molecule has 0 spiro atoms. The molecule has 4 nitrogen and oxygen atoms in total. The lowest BCUT2D eigenvalue weighted by atomic mass is 9.81. The maximum absolute atomic E-state index is 13.5. The van der Waals surface area contributed by atoms with E-state index in [1.807, 2.05) is 26.2 Å². The number of carbonyl (C=O) groups excluding carboxylic acids is 1. The van der Waals surface area contributed by atoms with Gasteiger partial charge in [-0.15, -0.1) is 0 Å². The molecule has 0 amide bonds. The molecule has 1 atom stereocenters. The summed E-state index contributed by atoms with van der Waals surface area (Å²) < 4.78 is 24.9. The van der Waals surface area contributed by atoms with Gasteiger partial charge in [-0.3, -0.25) is 0 Å². The quantitative estimate of drug-likeness (QED) is 0.687. The van der Waals surface area contributed by atoms with E-state index in [0.29, 0.717) is 18.8 Å². The van der Waals surface area contributed by atoms with E-state index in [2.05, 4.69) is 4.90 Å². The SMILES string of the molecule is CCOC(=O)c1ccc2c(c1)COC2(CCCN(C)C)c1ccc(F)cc1. The molecule has 1 aliphatic heterocycles. The second-order valence-electron chi connectivity index (χ2n) is 7.12. The minimum atomic E-state index is -0.619. The molecule has 0 saturated carbocycles. The van der Waals surface area contributed by atoms with Crippen molar-refractivity contribution in [3.05, 3.63) is 70.5 Å². The van der Waals surface area contributed by atoms with Gasteiger partial charge in [0.25, 0.3) is 0 Å². The fraction of sp³-hybridized carbons (Fsp3) is 0.409. The van der Waals surface area contributed by atoms with Crippen molar-refractivity contribution in [1.82, 2.24) is 4.90 Å². The van der Waals surface area contributed by atoms with Crippen molar-refractivity contribution in [3.8, 4) is 0 Å². The van der Waals surface area contributed by atoms with Gasteiger partial charge in [0.1, 0.15) is 11.4 Å². The largest absolute Gasteiger partial charge is 0.462 e. The lowest BCUT2D eigenvalue weighted by molar-refractivity contribution is -0.0140. The first-order valence-electron chi connectivity index (χ1n) is 9.31. The molecule has 5 heteroatoms. The summed E-state index contributed by atoms with van der Waals surface area (Å²) in [6, 6.07) is 12.1. The summed E-state index contributed by atoms with van der Waals surface area (Å²) in [6.45, 7) is 3.49. The predicted molar refractivity (Wildman–Crippen MR) is 102 cm³/mol. The number of hydrogen-bond acceptors (Lipinski definition) is 4. The fourth-order valence-electron chi connectivity index (χ4n) is 3.68. The third-order valence-electron chi connectivity index (χ3n) is 4.97. The summed E-state index contributed by atoms with van der Waals surface area (Å²) in [4.78, 5) is 14.2. The molecule has 0 saturated heterocycles. The summed E-state index contributed by atoms with van der Waals surface area (Å²) in [6.07, 6.45) is 1.71. The summed E-state index contributed by atoms with van der Waals surface area (Å²) >= 11 is 0. The molecule has 27 heavy (non-hydrogen) atoms. The molecule has 0 N–H and O–H groups in total. The summed E-state index contributed by atoms with van der Waals surface area (Å²) in [7, 11) is 4.08. The summed E-state index contributed by atoms with van der Waals surface area (Å²) in [5.74, 6) is -0.592. The van der Waals surface area contributed by atoms with Crippen LogP contribution >= 0.6 is 0 Å². The standard InChI is InChI=1S/C22H26FNO3/c1-4-26-21(25)16-6-11-20-17(14-16)15-27-22(20,12-5-13-24(2)3)18-7-9-19(23)10-8-18/h6-11,14H,4-5,12-13,15H2,1-3H3. The van der Waals surface area contributed by atoms with Crippen molar-refractivity contribution in [2.75, 3.05) is 27.2 Å². The van der Waals surface area contributed by atoms with Gasteiger partial charge in [-0.1, -0.05) is 18.2 Å². The highest BCUT2D eigenvalue weighted by molar-refractivity contribution is 5.89. The molecule has 0 aromatic heterocycles. The number of fused-ring (bicyclic) bond motifs is 1. The Balaban J connectivity index is 1.98. The van der Waals surface area contributed by atoms with E-state index in [9.17, 15) is 9.18 Å². The average Bonchev–Trinajstić information content (AvgIpc) is 3.01. The fourth-order valence-corrected chi connectivity index (χ4v) is 3.68. The molecule has 144 valence electrons. The number of nitrogens with zero attached hydrogens (tertiary/aromatic N) is 1. The zero-order chi connectivity index (χ0) is 19.4. The van der Waals surface area contributed by atoms with Crippen LogP contribution in [0.4, 0.5) is 4.39 Å². The molecule has 0 bridgehead atoms. The molecule has 0 fully saturated rings. The molecule has 1 heterocycles. The van der Waals surface area contributed by atoms with Crippen molar-refractivity contribution < 1.29 is 18.7 Å². The molecule has 0 radical (unpaired) electrons. The van der Waals surface area contributed by atoms with E-state index in [1.165, 1.54) is 12.1 Å². The highest BCUT2D eigenvalue weighted by Gasteiger charge is 2.41. The van der Waals surface area contributed by atoms with E-state index < -0.39 is 5.60 Å². The van der Waals surface area contributed by atoms with Crippen molar-refractivity contribution in [1.29, 1.82) is 0 Å². The topological polar surface area (TPSA) is 38.8 Å². The van der Waals surface area contributed by atoms with Crippen LogP contribution in [0.5, 0.6) is 0 Å². The van der Waals surface area contributed by atoms with Crippen molar-refractivity contribution in [2.45, 2.75) is 32.0 Å². The average molecular weight is 371 g/mol. The van der Waals surface area contributed by atoms with E-state index >= 15 is 0 Å². The number of halogens is 1. The van der Waals surface area contributed by atoms with E-state index in [0.717, 1.165) is 36.1 Å². The minimum Gasteiger partial charge on any atom is -0.462 e. The van der Waals surface area contributed by atoms with Gasteiger partial charge in [-0.2, -0.15) is 0 Å². The number of rotatable bonds is 7. The second kappa shape index (κ2) is 8.19. The monoisotopic (exact) mass is 371 g/mol. The number of esters is 1. The Morgan fingerprint density at radius 3 is 2.63 bits per heavy atom.